The molecule has 0 saturated carbocycles. The fourth-order valence-corrected chi connectivity index (χ4v) is 2.67. The van der Waals surface area contributed by atoms with Gasteiger partial charge in [0.15, 0.2) is 0 Å². The summed E-state index contributed by atoms with van der Waals surface area (Å²) < 4.78 is 6.18. The Morgan fingerprint density at radius 3 is 2.84 bits per heavy atom. The Labute approximate surface area is 117 Å². The molecule has 2 rings (SSSR count). The predicted octanol–water partition coefficient (Wildman–Crippen LogP) is 4.91. The van der Waals surface area contributed by atoms with E-state index in [1.165, 1.54) is 44.1 Å². The van der Waals surface area contributed by atoms with Crippen LogP contribution in [0.5, 0.6) is 0 Å². The van der Waals surface area contributed by atoms with Crippen LogP contribution in [-0.4, -0.2) is 12.2 Å². The number of benzene rings is 1. The molecule has 0 bridgehead atoms. The third-order valence-corrected chi connectivity index (χ3v) is 3.76. The first-order chi connectivity index (χ1) is 9.38. The SMILES string of the molecule is CCCC/C=C/C1CCC[C@@H](Cc2ccccc2)O1. The molecule has 1 aliphatic heterocycles. The number of ether oxygens (including phenoxy) is 1. The van der Waals surface area contributed by atoms with Crippen molar-refractivity contribution >= 4 is 0 Å². The normalized spacial score (nSPS) is 23.8. The van der Waals surface area contributed by atoms with E-state index in [0.717, 1.165) is 6.42 Å². The Bertz CT molecular complexity index is 369. The maximum Gasteiger partial charge on any atom is 0.0759 e. The zero-order valence-electron chi connectivity index (χ0n) is 12.1. The minimum Gasteiger partial charge on any atom is -0.371 e. The first-order valence-corrected chi connectivity index (χ1v) is 7.74. The molecule has 1 aromatic carbocycles. The summed E-state index contributed by atoms with van der Waals surface area (Å²) in [6.45, 7) is 2.24. The van der Waals surface area contributed by atoms with Crippen LogP contribution < -0.4 is 0 Å². The highest BCUT2D eigenvalue weighted by molar-refractivity contribution is 5.15. The van der Waals surface area contributed by atoms with Crippen LogP contribution in [0.2, 0.25) is 0 Å². The molecule has 1 aromatic rings. The minimum atomic E-state index is 0.347. The van der Waals surface area contributed by atoms with Crippen LogP contribution in [0.3, 0.4) is 0 Å². The second kappa shape index (κ2) is 8.16. The lowest BCUT2D eigenvalue weighted by Gasteiger charge is -2.28. The Morgan fingerprint density at radius 2 is 2.05 bits per heavy atom. The van der Waals surface area contributed by atoms with E-state index in [9.17, 15) is 0 Å². The molecule has 1 unspecified atom stereocenters. The molecule has 0 N–H and O–H groups in total. The van der Waals surface area contributed by atoms with Crippen molar-refractivity contribution in [2.24, 2.45) is 0 Å². The predicted molar refractivity (Wildman–Crippen MR) is 81.3 cm³/mol. The van der Waals surface area contributed by atoms with E-state index in [0.29, 0.717) is 12.2 Å². The molecular formula is C18H26O. The average molecular weight is 258 g/mol. The van der Waals surface area contributed by atoms with Crippen LogP contribution in [0.4, 0.5) is 0 Å². The maximum absolute atomic E-state index is 6.18. The third kappa shape index (κ3) is 5.20. The number of hydrogen-bond acceptors (Lipinski definition) is 1. The van der Waals surface area contributed by atoms with Gasteiger partial charge in [-0.05, 0) is 37.7 Å². The molecule has 19 heavy (non-hydrogen) atoms. The van der Waals surface area contributed by atoms with Gasteiger partial charge in [-0.3, -0.25) is 0 Å². The summed E-state index contributed by atoms with van der Waals surface area (Å²) in [7, 11) is 0. The van der Waals surface area contributed by atoms with E-state index in [1.54, 1.807) is 0 Å². The third-order valence-electron chi connectivity index (χ3n) is 3.76. The van der Waals surface area contributed by atoms with E-state index in [1.807, 2.05) is 0 Å². The first kappa shape index (κ1) is 14.3. The van der Waals surface area contributed by atoms with E-state index < -0.39 is 0 Å². The second-order valence-electron chi connectivity index (χ2n) is 5.49. The Balaban J connectivity index is 1.78. The van der Waals surface area contributed by atoms with Crippen LogP contribution in [0.25, 0.3) is 0 Å². The lowest BCUT2D eigenvalue weighted by Crippen LogP contribution is -2.27. The standard InChI is InChI=1S/C18H26O/c1-2-3-4-8-12-17-13-9-14-18(19-17)15-16-10-6-5-7-11-16/h5-8,10-12,17-18H,2-4,9,13-15H2,1H3/b12-8+/t17?,18-/m0/s1. The van der Waals surface area contributed by atoms with Crippen molar-refractivity contribution in [3.05, 3.63) is 48.0 Å². The molecule has 0 radical (unpaired) electrons. The van der Waals surface area contributed by atoms with Crippen molar-refractivity contribution < 1.29 is 4.74 Å². The molecule has 104 valence electrons. The van der Waals surface area contributed by atoms with Gasteiger partial charge in [-0.25, -0.2) is 0 Å². The first-order valence-electron chi connectivity index (χ1n) is 7.74. The van der Waals surface area contributed by atoms with Crippen molar-refractivity contribution in [3.63, 3.8) is 0 Å². The summed E-state index contributed by atoms with van der Waals surface area (Å²) >= 11 is 0. The van der Waals surface area contributed by atoms with Crippen molar-refractivity contribution in [3.8, 4) is 0 Å². The summed E-state index contributed by atoms with van der Waals surface area (Å²) in [6.07, 6.45) is 13.8. The molecule has 0 amide bonds. The van der Waals surface area contributed by atoms with Gasteiger partial charge in [0.05, 0.1) is 12.2 Å². The van der Waals surface area contributed by atoms with Crippen LogP contribution in [-0.2, 0) is 11.2 Å². The van der Waals surface area contributed by atoms with Crippen LogP contribution in [0.15, 0.2) is 42.5 Å². The van der Waals surface area contributed by atoms with E-state index >= 15 is 0 Å². The van der Waals surface area contributed by atoms with Gasteiger partial charge in [-0.1, -0.05) is 62.2 Å². The fourth-order valence-electron chi connectivity index (χ4n) is 2.67. The summed E-state index contributed by atoms with van der Waals surface area (Å²) in [5.41, 5.74) is 1.39. The fraction of sp³-hybridized carbons (Fsp3) is 0.556. The minimum absolute atomic E-state index is 0.347. The van der Waals surface area contributed by atoms with Crippen molar-refractivity contribution in [2.45, 2.75) is 64.1 Å². The summed E-state index contributed by atoms with van der Waals surface area (Å²) in [5.74, 6) is 0. The molecule has 1 heteroatoms. The quantitative estimate of drug-likeness (QED) is 0.520. The smallest absolute Gasteiger partial charge is 0.0759 e. The maximum atomic E-state index is 6.18. The van der Waals surface area contributed by atoms with E-state index in [-0.39, 0.29) is 0 Å². The largest absolute Gasteiger partial charge is 0.371 e. The molecule has 2 atom stereocenters. The summed E-state index contributed by atoms with van der Waals surface area (Å²) in [6, 6.07) is 10.7. The van der Waals surface area contributed by atoms with Gasteiger partial charge < -0.3 is 4.74 Å². The Hall–Kier alpha value is -1.08. The molecule has 1 aliphatic rings. The lowest BCUT2D eigenvalue weighted by molar-refractivity contribution is -0.0242. The molecule has 1 nitrogen and oxygen atoms in total. The van der Waals surface area contributed by atoms with Gasteiger partial charge in [-0.15, -0.1) is 0 Å². The van der Waals surface area contributed by atoms with E-state index in [4.69, 9.17) is 4.74 Å². The molecule has 0 aliphatic carbocycles. The zero-order chi connectivity index (χ0) is 13.3. The molecule has 0 spiro atoms. The molecular weight excluding hydrogens is 232 g/mol. The second-order valence-corrected chi connectivity index (χ2v) is 5.49. The van der Waals surface area contributed by atoms with Gasteiger partial charge in [-0.2, -0.15) is 0 Å². The van der Waals surface area contributed by atoms with Crippen LogP contribution in [0, 0.1) is 0 Å². The van der Waals surface area contributed by atoms with E-state index in [2.05, 4.69) is 49.4 Å². The summed E-state index contributed by atoms with van der Waals surface area (Å²) in [5, 5.41) is 0. The highest BCUT2D eigenvalue weighted by atomic mass is 16.5. The number of hydrogen-bond donors (Lipinski definition) is 0. The van der Waals surface area contributed by atoms with Crippen LogP contribution >= 0.6 is 0 Å². The lowest BCUT2D eigenvalue weighted by atomic mass is 9.98. The molecule has 0 aromatic heterocycles. The van der Waals surface area contributed by atoms with Crippen molar-refractivity contribution in [1.82, 2.24) is 0 Å². The summed E-state index contributed by atoms with van der Waals surface area (Å²) in [4.78, 5) is 0. The molecule has 1 heterocycles. The van der Waals surface area contributed by atoms with Crippen molar-refractivity contribution in [1.29, 1.82) is 0 Å². The molecule has 1 saturated heterocycles. The van der Waals surface area contributed by atoms with Gasteiger partial charge in [0.1, 0.15) is 0 Å². The van der Waals surface area contributed by atoms with Gasteiger partial charge in [0, 0.05) is 0 Å². The Morgan fingerprint density at radius 1 is 1.21 bits per heavy atom. The van der Waals surface area contributed by atoms with Crippen LogP contribution in [0.1, 0.15) is 51.0 Å². The number of allylic oxidation sites excluding steroid dienone is 1. The number of unbranched alkanes of at least 4 members (excludes halogenated alkanes) is 2. The highest BCUT2D eigenvalue weighted by Crippen LogP contribution is 2.23. The topological polar surface area (TPSA) is 9.23 Å². The highest BCUT2D eigenvalue weighted by Gasteiger charge is 2.20. The van der Waals surface area contributed by atoms with Gasteiger partial charge >= 0.3 is 0 Å². The van der Waals surface area contributed by atoms with Gasteiger partial charge in [0.25, 0.3) is 0 Å². The number of rotatable bonds is 6. The van der Waals surface area contributed by atoms with Gasteiger partial charge in [0.2, 0.25) is 0 Å². The molecule has 1 fully saturated rings. The average Bonchev–Trinajstić information content (AvgIpc) is 2.45. The van der Waals surface area contributed by atoms with Crippen molar-refractivity contribution in [2.75, 3.05) is 0 Å². The Kier molecular flexibility index (Phi) is 6.16. The monoisotopic (exact) mass is 258 g/mol. The zero-order valence-corrected chi connectivity index (χ0v) is 12.1.